The Morgan fingerprint density at radius 2 is 1.85 bits per heavy atom. The van der Waals surface area contributed by atoms with Gasteiger partial charge >= 0.3 is 0 Å². The Bertz CT molecular complexity index is 263. The summed E-state index contributed by atoms with van der Waals surface area (Å²) < 4.78 is 0. The highest BCUT2D eigenvalue weighted by Gasteiger charge is 2.60. The maximum atomic E-state index is 11.9. The van der Waals surface area contributed by atoms with Gasteiger partial charge in [0.1, 0.15) is 5.60 Å². The van der Waals surface area contributed by atoms with E-state index in [4.69, 9.17) is 0 Å². The van der Waals surface area contributed by atoms with Crippen molar-refractivity contribution in [3.63, 3.8) is 0 Å². The summed E-state index contributed by atoms with van der Waals surface area (Å²) in [5.74, 6) is -0.111. The smallest absolute Gasteiger partial charge is 0.174 e. The van der Waals surface area contributed by atoms with Crippen molar-refractivity contribution in [1.29, 1.82) is 0 Å². The lowest BCUT2D eigenvalue weighted by Gasteiger charge is -2.31. The van der Waals surface area contributed by atoms with Crippen LogP contribution in [0.3, 0.4) is 0 Å². The Kier molecular flexibility index (Phi) is 1.96. The van der Waals surface area contributed by atoms with E-state index in [0.29, 0.717) is 6.42 Å². The standard InChI is InChI=1S/C11H18O2/c1-6-11(13)8(12)9(2,3)7-10(11,4)5/h6,13H,1,7H2,2-5H3/t11-/m1/s1. The summed E-state index contributed by atoms with van der Waals surface area (Å²) >= 11 is 0. The van der Waals surface area contributed by atoms with E-state index in [1.165, 1.54) is 6.08 Å². The Morgan fingerprint density at radius 1 is 1.38 bits per heavy atom. The third-order valence-electron chi connectivity index (χ3n) is 3.17. The average Bonchev–Trinajstić information content (AvgIpc) is 2.09. The van der Waals surface area contributed by atoms with Gasteiger partial charge in [0.25, 0.3) is 0 Å². The summed E-state index contributed by atoms with van der Waals surface area (Å²) in [4.78, 5) is 11.9. The molecule has 0 aromatic heterocycles. The summed E-state index contributed by atoms with van der Waals surface area (Å²) in [5.41, 5.74) is -2.20. The molecule has 1 N–H and O–H groups in total. The fraction of sp³-hybridized carbons (Fsp3) is 0.727. The molecular weight excluding hydrogens is 164 g/mol. The molecule has 0 radical (unpaired) electrons. The molecule has 0 bridgehead atoms. The topological polar surface area (TPSA) is 37.3 Å². The summed E-state index contributed by atoms with van der Waals surface area (Å²) in [7, 11) is 0. The van der Waals surface area contributed by atoms with E-state index in [9.17, 15) is 9.90 Å². The minimum absolute atomic E-state index is 0.111. The Morgan fingerprint density at radius 3 is 2.00 bits per heavy atom. The summed E-state index contributed by atoms with van der Waals surface area (Å²) in [6.45, 7) is 11.1. The zero-order valence-electron chi connectivity index (χ0n) is 8.85. The van der Waals surface area contributed by atoms with Crippen LogP contribution in [0, 0.1) is 10.8 Å². The van der Waals surface area contributed by atoms with Crippen LogP contribution in [0.4, 0.5) is 0 Å². The molecular formula is C11H18O2. The minimum Gasteiger partial charge on any atom is -0.377 e. The fourth-order valence-electron chi connectivity index (χ4n) is 2.51. The molecule has 74 valence electrons. The molecule has 1 aliphatic rings. The first-order valence-electron chi connectivity index (χ1n) is 4.58. The lowest BCUT2D eigenvalue weighted by molar-refractivity contribution is -0.139. The molecule has 1 fully saturated rings. The molecule has 1 atom stereocenters. The zero-order valence-corrected chi connectivity index (χ0v) is 8.85. The lowest BCUT2D eigenvalue weighted by Crippen LogP contribution is -2.44. The quantitative estimate of drug-likeness (QED) is 0.629. The van der Waals surface area contributed by atoms with Gasteiger partial charge in [-0.15, -0.1) is 0 Å². The van der Waals surface area contributed by atoms with Crippen molar-refractivity contribution < 1.29 is 9.90 Å². The molecule has 0 spiro atoms. The third-order valence-corrected chi connectivity index (χ3v) is 3.17. The normalized spacial score (nSPS) is 36.2. The number of ketones is 1. The number of Topliss-reactive ketones (excluding diaryl/α,β-unsaturated/α-hetero) is 1. The van der Waals surface area contributed by atoms with Crippen molar-refractivity contribution in [3.8, 4) is 0 Å². The molecule has 2 nitrogen and oxygen atoms in total. The van der Waals surface area contributed by atoms with Gasteiger partial charge in [0.15, 0.2) is 5.78 Å². The monoisotopic (exact) mass is 182 g/mol. The van der Waals surface area contributed by atoms with Crippen LogP contribution in [0.25, 0.3) is 0 Å². The Labute approximate surface area is 79.6 Å². The molecule has 0 unspecified atom stereocenters. The third kappa shape index (κ3) is 1.16. The number of carbonyl (C=O) groups is 1. The van der Waals surface area contributed by atoms with Crippen molar-refractivity contribution in [2.24, 2.45) is 10.8 Å². The SMILES string of the molecule is C=C[C@@]1(O)C(=O)C(C)(C)CC1(C)C. The second-order valence-corrected chi connectivity index (χ2v) is 5.24. The van der Waals surface area contributed by atoms with Gasteiger partial charge < -0.3 is 5.11 Å². The highest BCUT2D eigenvalue weighted by Crippen LogP contribution is 2.52. The molecule has 0 amide bonds. The highest BCUT2D eigenvalue weighted by molar-refractivity contribution is 5.96. The second kappa shape index (κ2) is 2.44. The van der Waals surface area contributed by atoms with Crippen LogP contribution >= 0.6 is 0 Å². The first kappa shape index (κ1) is 10.5. The largest absolute Gasteiger partial charge is 0.377 e. The second-order valence-electron chi connectivity index (χ2n) is 5.24. The molecule has 0 saturated heterocycles. The molecule has 13 heavy (non-hydrogen) atoms. The van der Waals surface area contributed by atoms with Gasteiger partial charge in [-0.3, -0.25) is 4.79 Å². The summed E-state index contributed by atoms with van der Waals surface area (Å²) in [5, 5.41) is 10.2. The number of aliphatic hydroxyl groups is 1. The molecule has 1 aliphatic carbocycles. The number of rotatable bonds is 1. The van der Waals surface area contributed by atoms with Crippen LogP contribution in [0.15, 0.2) is 12.7 Å². The van der Waals surface area contributed by atoms with Gasteiger partial charge in [0, 0.05) is 10.8 Å². The van der Waals surface area contributed by atoms with Gasteiger partial charge in [-0.1, -0.05) is 40.3 Å². The van der Waals surface area contributed by atoms with E-state index in [2.05, 4.69) is 6.58 Å². The maximum absolute atomic E-state index is 11.9. The molecule has 0 aromatic carbocycles. The first-order valence-corrected chi connectivity index (χ1v) is 4.58. The van der Waals surface area contributed by atoms with Gasteiger partial charge in [0.05, 0.1) is 0 Å². The van der Waals surface area contributed by atoms with Crippen LogP contribution in [-0.2, 0) is 4.79 Å². The summed E-state index contributed by atoms with van der Waals surface area (Å²) in [6, 6.07) is 0. The average molecular weight is 182 g/mol. The van der Waals surface area contributed by atoms with Crippen molar-refractivity contribution in [2.45, 2.75) is 39.7 Å². The van der Waals surface area contributed by atoms with E-state index in [0.717, 1.165) is 0 Å². The van der Waals surface area contributed by atoms with Crippen molar-refractivity contribution in [2.75, 3.05) is 0 Å². The van der Waals surface area contributed by atoms with E-state index in [1.807, 2.05) is 27.7 Å². The Balaban J connectivity index is 3.24. The van der Waals surface area contributed by atoms with Crippen molar-refractivity contribution in [1.82, 2.24) is 0 Å². The minimum atomic E-state index is -1.35. The van der Waals surface area contributed by atoms with E-state index >= 15 is 0 Å². The molecule has 0 aliphatic heterocycles. The predicted octanol–water partition coefficient (Wildman–Crippen LogP) is 1.93. The Hall–Kier alpha value is -0.630. The van der Waals surface area contributed by atoms with Crippen LogP contribution < -0.4 is 0 Å². The van der Waals surface area contributed by atoms with Gasteiger partial charge in [-0.25, -0.2) is 0 Å². The van der Waals surface area contributed by atoms with Crippen molar-refractivity contribution in [3.05, 3.63) is 12.7 Å². The van der Waals surface area contributed by atoms with Gasteiger partial charge in [-0.05, 0) is 6.42 Å². The van der Waals surface area contributed by atoms with Gasteiger partial charge in [0.2, 0.25) is 0 Å². The molecule has 0 aromatic rings. The predicted molar refractivity (Wildman–Crippen MR) is 52.3 cm³/mol. The first-order chi connectivity index (χ1) is 5.67. The maximum Gasteiger partial charge on any atom is 0.174 e. The number of carbonyl (C=O) groups excluding carboxylic acids is 1. The van der Waals surface area contributed by atoms with Crippen LogP contribution in [0.1, 0.15) is 34.1 Å². The van der Waals surface area contributed by atoms with Gasteiger partial charge in [-0.2, -0.15) is 0 Å². The van der Waals surface area contributed by atoms with E-state index in [1.54, 1.807) is 0 Å². The lowest BCUT2D eigenvalue weighted by atomic mass is 9.77. The van der Waals surface area contributed by atoms with Crippen LogP contribution in [-0.4, -0.2) is 16.5 Å². The van der Waals surface area contributed by atoms with E-state index in [-0.39, 0.29) is 5.78 Å². The van der Waals surface area contributed by atoms with Crippen molar-refractivity contribution >= 4 is 5.78 Å². The fourth-order valence-corrected chi connectivity index (χ4v) is 2.51. The highest BCUT2D eigenvalue weighted by atomic mass is 16.3. The number of hydrogen-bond donors (Lipinski definition) is 1. The number of hydrogen-bond acceptors (Lipinski definition) is 2. The zero-order chi connectivity index (χ0) is 10.5. The molecule has 1 saturated carbocycles. The van der Waals surface area contributed by atoms with Crippen LogP contribution in [0.2, 0.25) is 0 Å². The van der Waals surface area contributed by atoms with E-state index < -0.39 is 16.4 Å². The molecule has 2 heteroatoms. The summed E-state index contributed by atoms with van der Waals surface area (Å²) in [6.07, 6.45) is 2.07. The molecule has 1 rings (SSSR count). The van der Waals surface area contributed by atoms with Crippen LogP contribution in [0.5, 0.6) is 0 Å². The molecule has 0 heterocycles.